The molecule has 1 aromatic rings. The summed E-state index contributed by atoms with van der Waals surface area (Å²) in [6, 6.07) is 5.17. The van der Waals surface area contributed by atoms with Crippen molar-refractivity contribution in [1.82, 2.24) is 0 Å². The first kappa shape index (κ1) is 14.4. The second kappa shape index (κ2) is 4.24. The normalized spacial score (nSPS) is 28.3. The minimum Gasteiger partial charge on any atom is -0.464 e. The summed E-state index contributed by atoms with van der Waals surface area (Å²) < 4.78 is 28.9. The highest BCUT2D eigenvalue weighted by Crippen LogP contribution is 2.57. The second-order valence-corrected chi connectivity index (χ2v) is 7.34. The predicted octanol–water partition coefficient (Wildman–Crippen LogP) is 1.51. The van der Waals surface area contributed by atoms with Crippen molar-refractivity contribution < 1.29 is 17.9 Å². The minimum absolute atomic E-state index is 0. The Bertz CT molecular complexity index is 651. The summed E-state index contributed by atoms with van der Waals surface area (Å²) >= 11 is 0. The molecule has 0 bridgehead atoms. The van der Waals surface area contributed by atoms with Crippen LogP contribution in [0.2, 0.25) is 0 Å². The Morgan fingerprint density at radius 1 is 1.32 bits per heavy atom. The third-order valence-corrected chi connectivity index (χ3v) is 6.57. The zero-order valence-corrected chi connectivity index (χ0v) is 12.6. The van der Waals surface area contributed by atoms with Crippen LogP contribution in [0.1, 0.15) is 17.5 Å². The maximum absolute atomic E-state index is 12.6. The first-order chi connectivity index (χ1) is 8.39. The Labute approximate surface area is 119 Å². The van der Waals surface area contributed by atoms with E-state index in [4.69, 9.17) is 4.74 Å². The van der Waals surface area contributed by atoms with E-state index < -0.39 is 20.6 Å². The average Bonchev–Trinajstić information content (AvgIpc) is 2.94. The summed E-state index contributed by atoms with van der Waals surface area (Å²) in [4.78, 5) is 12.0. The van der Waals surface area contributed by atoms with Crippen LogP contribution in [0.4, 0.5) is 0 Å². The van der Waals surface area contributed by atoms with Gasteiger partial charge in [-0.1, -0.05) is 17.7 Å². The lowest BCUT2D eigenvalue weighted by atomic mass is 10.2. The molecule has 0 radical (unpaired) electrons. The monoisotopic (exact) mass is 300 g/mol. The molecule has 2 fully saturated rings. The number of ether oxygens (including phenoxy) is 1. The molecule has 1 aliphatic heterocycles. The highest BCUT2D eigenvalue weighted by Gasteiger charge is 2.74. The van der Waals surface area contributed by atoms with Crippen LogP contribution < -0.4 is 0 Å². The van der Waals surface area contributed by atoms with Crippen LogP contribution in [0, 0.1) is 19.8 Å². The molecule has 1 saturated carbocycles. The number of benzene rings is 1. The molecule has 2 aliphatic rings. The summed E-state index contributed by atoms with van der Waals surface area (Å²) in [5.41, 5.74) is 1.69. The molecule has 1 aromatic carbocycles. The van der Waals surface area contributed by atoms with Gasteiger partial charge in [0, 0.05) is 5.92 Å². The molecule has 0 spiro atoms. The van der Waals surface area contributed by atoms with Crippen LogP contribution in [0.5, 0.6) is 0 Å². The van der Waals surface area contributed by atoms with Crippen molar-refractivity contribution in [2.24, 2.45) is 5.92 Å². The molecule has 1 heterocycles. The third kappa shape index (κ3) is 1.73. The van der Waals surface area contributed by atoms with E-state index in [9.17, 15) is 13.2 Å². The Hall–Kier alpha value is -1.01. The van der Waals surface area contributed by atoms with E-state index in [1.807, 2.05) is 13.0 Å². The van der Waals surface area contributed by atoms with Gasteiger partial charge >= 0.3 is 5.97 Å². The van der Waals surface area contributed by atoms with Crippen molar-refractivity contribution >= 4 is 29.3 Å². The molecule has 2 atom stereocenters. The van der Waals surface area contributed by atoms with E-state index in [1.165, 1.54) is 0 Å². The number of fused-ring (bicyclic) bond motifs is 1. The van der Waals surface area contributed by atoms with Gasteiger partial charge in [0.1, 0.15) is 0 Å². The molecule has 1 saturated heterocycles. The quantitative estimate of drug-likeness (QED) is 0.777. The van der Waals surface area contributed by atoms with Crippen LogP contribution in [0.3, 0.4) is 0 Å². The van der Waals surface area contributed by atoms with Crippen LogP contribution in [0.25, 0.3) is 0 Å². The fourth-order valence-corrected chi connectivity index (χ4v) is 5.11. The predicted molar refractivity (Wildman–Crippen MR) is 75.3 cm³/mol. The molecular formula is C13H16O4S2. The fraction of sp³-hybridized carbons (Fsp3) is 0.462. The number of carbonyl (C=O) groups excluding carboxylic acids is 1. The van der Waals surface area contributed by atoms with E-state index in [1.54, 1.807) is 19.1 Å². The molecular weight excluding hydrogens is 284 g/mol. The molecule has 104 valence electrons. The lowest BCUT2D eigenvalue weighted by molar-refractivity contribution is -0.140. The molecule has 1 aliphatic carbocycles. The van der Waals surface area contributed by atoms with Gasteiger partial charge in [0.05, 0.1) is 11.5 Å². The van der Waals surface area contributed by atoms with Crippen LogP contribution >= 0.6 is 13.5 Å². The highest BCUT2D eigenvalue weighted by atomic mass is 32.2. The van der Waals surface area contributed by atoms with Gasteiger partial charge in [-0.15, -0.1) is 0 Å². The van der Waals surface area contributed by atoms with Gasteiger partial charge in [0.25, 0.3) is 0 Å². The molecule has 0 unspecified atom stereocenters. The van der Waals surface area contributed by atoms with Crippen molar-refractivity contribution in [3.8, 4) is 0 Å². The number of sulfone groups is 1. The summed E-state index contributed by atoms with van der Waals surface area (Å²) in [5, 5.41) is 0. The van der Waals surface area contributed by atoms with Gasteiger partial charge in [-0.2, -0.15) is 13.5 Å². The number of carbonyl (C=O) groups is 1. The summed E-state index contributed by atoms with van der Waals surface area (Å²) in [5.74, 6) is -0.733. The summed E-state index contributed by atoms with van der Waals surface area (Å²) in [6.07, 6.45) is 0.404. The Morgan fingerprint density at radius 2 is 2.00 bits per heavy atom. The molecule has 0 N–H and O–H groups in total. The second-order valence-electron chi connectivity index (χ2n) is 5.16. The molecule has 19 heavy (non-hydrogen) atoms. The zero-order chi connectivity index (χ0) is 13.1. The zero-order valence-electron chi connectivity index (χ0n) is 10.8. The molecule has 0 aromatic heterocycles. The number of hydrogen-bond acceptors (Lipinski definition) is 4. The lowest BCUT2D eigenvalue weighted by Crippen LogP contribution is -2.32. The number of esters is 1. The maximum Gasteiger partial charge on any atom is 0.328 e. The van der Waals surface area contributed by atoms with Gasteiger partial charge in [0.2, 0.25) is 0 Å². The fourth-order valence-electron chi connectivity index (χ4n) is 2.78. The van der Waals surface area contributed by atoms with Gasteiger partial charge in [-0.3, -0.25) is 4.79 Å². The van der Waals surface area contributed by atoms with E-state index in [0.717, 1.165) is 5.56 Å². The van der Waals surface area contributed by atoms with E-state index in [2.05, 4.69) is 0 Å². The SMILES string of the molecule is Cc1ccc(S(=O)(=O)[C@]23C[C@H]2COC3=O)c(C)c1.S. The number of hydrogen-bond donors (Lipinski definition) is 0. The minimum atomic E-state index is -3.64. The average molecular weight is 300 g/mol. The Kier molecular flexibility index (Phi) is 3.22. The topological polar surface area (TPSA) is 60.4 Å². The summed E-state index contributed by atoms with van der Waals surface area (Å²) in [7, 11) is -3.64. The molecule has 4 nitrogen and oxygen atoms in total. The Balaban J connectivity index is 0.00000133. The highest BCUT2D eigenvalue weighted by molar-refractivity contribution is 7.94. The first-order valence-corrected chi connectivity index (χ1v) is 7.37. The number of cyclic esters (lactones) is 1. The van der Waals surface area contributed by atoms with Crippen molar-refractivity contribution in [3.05, 3.63) is 29.3 Å². The smallest absolute Gasteiger partial charge is 0.328 e. The van der Waals surface area contributed by atoms with Crippen molar-refractivity contribution in [3.63, 3.8) is 0 Å². The molecule has 3 rings (SSSR count). The summed E-state index contributed by atoms with van der Waals surface area (Å²) in [6.45, 7) is 3.91. The molecule has 0 amide bonds. The van der Waals surface area contributed by atoms with Crippen LogP contribution in [0.15, 0.2) is 23.1 Å². The van der Waals surface area contributed by atoms with E-state index >= 15 is 0 Å². The van der Waals surface area contributed by atoms with Crippen molar-refractivity contribution in [2.75, 3.05) is 6.61 Å². The standard InChI is InChI=1S/C13H14O4S.H2S/c1-8-3-4-11(9(2)5-8)18(15,16)13-6-10(13)7-17-12(13)14;/h3-5,10H,6-7H2,1-2H3;1H2/t10-,13+;/m0./s1. The molecule has 6 heteroatoms. The maximum atomic E-state index is 12.6. The van der Waals surface area contributed by atoms with E-state index in [-0.39, 0.29) is 30.9 Å². The van der Waals surface area contributed by atoms with Gasteiger partial charge < -0.3 is 4.74 Å². The van der Waals surface area contributed by atoms with Gasteiger partial charge in [0.15, 0.2) is 14.6 Å². The van der Waals surface area contributed by atoms with Gasteiger partial charge in [-0.25, -0.2) is 8.42 Å². The van der Waals surface area contributed by atoms with Gasteiger partial charge in [-0.05, 0) is 31.9 Å². The van der Waals surface area contributed by atoms with Crippen LogP contribution in [-0.4, -0.2) is 25.7 Å². The Morgan fingerprint density at radius 3 is 2.47 bits per heavy atom. The number of rotatable bonds is 2. The number of aryl methyl sites for hydroxylation is 2. The largest absolute Gasteiger partial charge is 0.464 e. The lowest BCUT2D eigenvalue weighted by Gasteiger charge is -2.13. The van der Waals surface area contributed by atoms with Crippen LogP contribution in [-0.2, 0) is 19.4 Å². The third-order valence-electron chi connectivity index (χ3n) is 3.91. The van der Waals surface area contributed by atoms with Crippen molar-refractivity contribution in [1.29, 1.82) is 0 Å². The van der Waals surface area contributed by atoms with Crippen molar-refractivity contribution in [2.45, 2.75) is 29.9 Å². The van der Waals surface area contributed by atoms with E-state index in [0.29, 0.717) is 12.0 Å². The first-order valence-electron chi connectivity index (χ1n) is 5.89.